The summed E-state index contributed by atoms with van der Waals surface area (Å²) >= 11 is 0. The Morgan fingerprint density at radius 3 is 1.00 bits per heavy atom. The number of unbranched alkanes of at least 4 members (excludes halogenated alkanes) is 37. The van der Waals surface area contributed by atoms with Gasteiger partial charge in [-0.2, -0.15) is 0 Å². The number of para-hydroxylation sites is 2. The average Bonchev–Trinajstić information content (AvgIpc) is 3.40. The van der Waals surface area contributed by atoms with Crippen molar-refractivity contribution in [2.24, 2.45) is 9.98 Å². The number of hydrogen-bond donors (Lipinski definition) is 0. The largest absolute Gasteiger partial charge is 0.250 e. The third-order valence-electron chi connectivity index (χ3n) is 14.5. The standard InChI is InChI=1S/C70H112N2/c1-5-9-13-17-20-23-26-27-28-29-30-31-32-33-34-35-36-37-38-41-44-48-52-64-70(72-68-62-56-54-60-66(68)58-50-47-43-40-25-22-19-15-11-7-3)69(63-51-45-16-12-8-4)71-67-61-55-53-59-65(67)57-49-46-42-39-24-21-18-14-10-6-2/h53-56,59-62H,5-41,44-45,48-50,52,57-58,64H2,1-4H3. The molecule has 2 heteroatoms. The highest BCUT2D eigenvalue weighted by Crippen LogP contribution is 2.25. The first-order chi connectivity index (χ1) is 35.7. The van der Waals surface area contributed by atoms with Gasteiger partial charge >= 0.3 is 0 Å². The Labute approximate surface area is 448 Å². The Kier molecular flexibility index (Phi) is 45.7. The Morgan fingerprint density at radius 1 is 0.306 bits per heavy atom. The lowest BCUT2D eigenvalue weighted by Crippen LogP contribution is -2.13. The van der Waals surface area contributed by atoms with Gasteiger partial charge < -0.3 is 0 Å². The fraction of sp³-hybridized carbons (Fsp3) is 0.714. The van der Waals surface area contributed by atoms with E-state index in [4.69, 9.17) is 9.98 Å². The molecule has 0 unspecified atom stereocenters. The van der Waals surface area contributed by atoms with Gasteiger partial charge in [0.05, 0.1) is 17.1 Å². The van der Waals surface area contributed by atoms with Crippen LogP contribution in [0.5, 0.6) is 0 Å². The molecule has 2 nitrogen and oxygen atoms in total. The molecule has 402 valence electrons. The molecule has 2 rings (SSSR count). The molecule has 0 N–H and O–H groups in total. The van der Waals surface area contributed by atoms with Gasteiger partial charge in [-0.25, -0.2) is 4.99 Å². The van der Waals surface area contributed by atoms with E-state index in [2.05, 4.69) is 112 Å². The normalized spacial score (nSPS) is 11.5. The van der Waals surface area contributed by atoms with Crippen molar-refractivity contribution < 1.29 is 0 Å². The van der Waals surface area contributed by atoms with E-state index < -0.39 is 0 Å². The van der Waals surface area contributed by atoms with Crippen molar-refractivity contribution in [2.75, 3.05) is 0 Å². The summed E-state index contributed by atoms with van der Waals surface area (Å²) in [6.45, 7) is 9.14. The van der Waals surface area contributed by atoms with Crippen LogP contribution in [0.3, 0.4) is 0 Å². The lowest BCUT2D eigenvalue weighted by atomic mass is 10.0. The Bertz CT molecular complexity index is 1790. The highest BCUT2D eigenvalue weighted by atomic mass is 14.8. The van der Waals surface area contributed by atoms with Crippen molar-refractivity contribution >= 4 is 22.8 Å². The van der Waals surface area contributed by atoms with Crippen molar-refractivity contribution in [2.45, 2.75) is 323 Å². The summed E-state index contributed by atoms with van der Waals surface area (Å²) in [5, 5.41) is 0. The Hall–Kier alpha value is -3.54. The minimum Gasteiger partial charge on any atom is -0.250 e. The smallest absolute Gasteiger partial charge is 0.135 e. The van der Waals surface area contributed by atoms with Crippen molar-refractivity contribution in [3.8, 4) is 35.5 Å². The first kappa shape index (κ1) is 64.6. The van der Waals surface area contributed by atoms with Gasteiger partial charge in [0.1, 0.15) is 5.71 Å². The summed E-state index contributed by atoms with van der Waals surface area (Å²) in [7, 11) is 0. The van der Waals surface area contributed by atoms with Gasteiger partial charge in [0.2, 0.25) is 0 Å². The summed E-state index contributed by atoms with van der Waals surface area (Å²) < 4.78 is 0. The van der Waals surface area contributed by atoms with Crippen LogP contribution in [0.4, 0.5) is 11.4 Å². The number of aryl methyl sites for hydroxylation is 2. The summed E-state index contributed by atoms with van der Waals surface area (Å²) in [4.78, 5) is 11.0. The molecule has 72 heavy (non-hydrogen) atoms. The molecule has 0 amide bonds. The fourth-order valence-corrected chi connectivity index (χ4v) is 9.74. The van der Waals surface area contributed by atoms with E-state index in [1.807, 2.05) is 0 Å². The van der Waals surface area contributed by atoms with Crippen LogP contribution in [-0.4, -0.2) is 11.4 Å². The van der Waals surface area contributed by atoms with Crippen molar-refractivity contribution in [1.82, 2.24) is 0 Å². The highest BCUT2D eigenvalue weighted by molar-refractivity contribution is 6.49. The van der Waals surface area contributed by atoms with Crippen LogP contribution in [0.25, 0.3) is 0 Å². The van der Waals surface area contributed by atoms with E-state index in [1.165, 1.54) is 242 Å². The number of benzene rings is 2. The third-order valence-corrected chi connectivity index (χ3v) is 14.5. The SMILES string of the molecule is CCCCCC#CC(=Nc1ccccc1CCC#CCCCCCCCC)C(CCCCCCCCCCCCCCCCCCCCCCCCC)=Nc1ccccc1CCC#CCCCCCCCC. The Morgan fingerprint density at radius 2 is 0.597 bits per heavy atom. The maximum atomic E-state index is 5.53. The van der Waals surface area contributed by atoms with Crippen LogP contribution in [0.2, 0.25) is 0 Å². The quantitative estimate of drug-likeness (QED) is 0.0359. The Balaban J connectivity index is 2.05. The summed E-state index contributed by atoms with van der Waals surface area (Å²) in [5.41, 5.74) is 6.46. The summed E-state index contributed by atoms with van der Waals surface area (Å²) in [6, 6.07) is 17.4. The van der Waals surface area contributed by atoms with Crippen LogP contribution in [0.1, 0.15) is 321 Å². The van der Waals surface area contributed by atoms with Gasteiger partial charge in [-0.15, -0.1) is 23.7 Å². The number of rotatable bonds is 46. The second-order valence-corrected chi connectivity index (χ2v) is 21.3. The molecular formula is C70H112N2. The topological polar surface area (TPSA) is 24.7 Å². The lowest BCUT2D eigenvalue weighted by molar-refractivity contribution is 0.518. The minimum absolute atomic E-state index is 0.848. The van der Waals surface area contributed by atoms with E-state index in [9.17, 15) is 0 Å². The van der Waals surface area contributed by atoms with E-state index in [-0.39, 0.29) is 0 Å². The average molecular weight is 982 g/mol. The molecule has 2 aromatic rings. The van der Waals surface area contributed by atoms with E-state index in [1.54, 1.807) is 0 Å². The highest BCUT2D eigenvalue weighted by Gasteiger charge is 2.12. The minimum atomic E-state index is 0.848. The predicted octanol–water partition coefficient (Wildman–Crippen LogP) is 22.9. The van der Waals surface area contributed by atoms with E-state index >= 15 is 0 Å². The van der Waals surface area contributed by atoms with Gasteiger partial charge in [-0.1, -0.05) is 288 Å². The first-order valence-corrected chi connectivity index (χ1v) is 31.5. The molecule has 0 saturated heterocycles. The molecule has 0 aliphatic rings. The fourth-order valence-electron chi connectivity index (χ4n) is 9.74. The van der Waals surface area contributed by atoms with Crippen molar-refractivity contribution in [3.05, 3.63) is 59.7 Å². The first-order valence-electron chi connectivity index (χ1n) is 31.5. The maximum Gasteiger partial charge on any atom is 0.135 e. The predicted molar refractivity (Wildman–Crippen MR) is 324 cm³/mol. The van der Waals surface area contributed by atoms with Gasteiger partial charge in [0.25, 0.3) is 0 Å². The second kappa shape index (κ2) is 51.0. The number of aliphatic imine (C=N–C) groups is 2. The summed E-state index contributed by atoms with van der Waals surface area (Å²) in [6.07, 6.45) is 58.8. The molecule has 0 aromatic heterocycles. The maximum absolute atomic E-state index is 5.53. The molecule has 0 aliphatic heterocycles. The monoisotopic (exact) mass is 981 g/mol. The van der Waals surface area contributed by atoms with Crippen molar-refractivity contribution in [1.29, 1.82) is 0 Å². The van der Waals surface area contributed by atoms with E-state index in [0.717, 1.165) is 87.0 Å². The summed E-state index contributed by atoms with van der Waals surface area (Å²) in [5.74, 6) is 21.1. The molecule has 0 bridgehead atoms. The lowest BCUT2D eigenvalue weighted by Gasteiger charge is -2.11. The van der Waals surface area contributed by atoms with Crippen LogP contribution in [0.15, 0.2) is 58.5 Å². The third kappa shape index (κ3) is 38.1. The van der Waals surface area contributed by atoms with Crippen LogP contribution in [-0.2, 0) is 12.8 Å². The molecule has 0 heterocycles. The molecule has 0 spiro atoms. The zero-order valence-corrected chi connectivity index (χ0v) is 48.0. The number of nitrogens with zero attached hydrogens (tertiary/aromatic N) is 2. The van der Waals surface area contributed by atoms with Gasteiger partial charge in [-0.05, 0) is 74.1 Å². The van der Waals surface area contributed by atoms with Crippen molar-refractivity contribution in [3.63, 3.8) is 0 Å². The zero-order valence-electron chi connectivity index (χ0n) is 48.0. The van der Waals surface area contributed by atoms with Crippen LogP contribution in [0, 0.1) is 35.5 Å². The molecule has 0 radical (unpaired) electrons. The molecule has 0 fully saturated rings. The van der Waals surface area contributed by atoms with E-state index in [0.29, 0.717) is 0 Å². The zero-order chi connectivity index (χ0) is 51.3. The molecular weight excluding hydrogens is 869 g/mol. The molecule has 2 aromatic carbocycles. The molecule has 0 atom stereocenters. The number of hydrogen-bond acceptors (Lipinski definition) is 2. The van der Waals surface area contributed by atoms with Gasteiger partial charge in [0, 0.05) is 32.1 Å². The van der Waals surface area contributed by atoms with Gasteiger partial charge in [0.15, 0.2) is 0 Å². The van der Waals surface area contributed by atoms with Crippen LogP contribution < -0.4 is 0 Å². The molecule has 0 saturated carbocycles. The molecule has 0 aliphatic carbocycles. The second-order valence-electron chi connectivity index (χ2n) is 21.3. The van der Waals surface area contributed by atoms with Gasteiger partial charge in [-0.3, -0.25) is 4.99 Å². The van der Waals surface area contributed by atoms with Crippen LogP contribution >= 0.6 is 0 Å².